The Bertz CT molecular complexity index is 1380. The summed E-state index contributed by atoms with van der Waals surface area (Å²) < 4.78 is 1.82. The van der Waals surface area contributed by atoms with Gasteiger partial charge in [0.15, 0.2) is 5.11 Å². The van der Waals surface area contributed by atoms with Gasteiger partial charge in [-0.2, -0.15) is 0 Å². The van der Waals surface area contributed by atoms with Crippen molar-refractivity contribution < 1.29 is 14.5 Å². The van der Waals surface area contributed by atoms with Crippen LogP contribution in [0.15, 0.2) is 60.2 Å². The standard InChI is InChI=1S/C23H17ClN4O4S/c1-13-9-15(14(2)26(13)18-7-4-8-19(12-18)28(31)32)10-20-21(29)25-23(33)27(22(20)30)17-6-3-5-16(24)11-17/h3-12H,1-2H3,(H,25,29,33)/b20-10+. The van der Waals surface area contributed by atoms with Crippen molar-refractivity contribution >= 4 is 58.2 Å². The average Bonchev–Trinajstić information content (AvgIpc) is 3.04. The molecular weight excluding hydrogens is 464 g/mol. The number of nitrogens with zero attached hydrogens (tertiary/aromatic N) is 3. The molecule has 2 heterocycles. The van der Waals surface area contributed by atoms with Crippen molar-refractivity contribution in [2.75, 3.05) is 4.90 Å². The van der Waals surface area contributed by atoms with Crippen molar-refractivity contribution in [3.8, 4) is 5.69 Å². The summed E-state index contributed by atoms with van der Waals surface area (Å²) in [6, 6.07) is 14.6. The zero-order valence-corrected chi connectivity index (χ0v) is 19.1. The number of amides is 2. The molecule has 10 heteroatoms. The van der Waals surface area contributed by atoms with Crippen LogP contribution in [0.25, 0.3) is 11.8 Å². The molecule has 1 fully saturated rings. The molecule has 0 spiro atoms. The fraction of sp³-hybridized carbons (Fsp3) is 0.0870. The highest BCUT2D eigenvalue weighted by molar-refractivity contribution is 7.80. The third-order valence-electron chi connectivity index (χ3n) is 5.24. The van der Waals surface area contributed by atoms with Crippen molar-refractivity contribution in [3.63, 3.8) is 0 Å². The highest BCUT2D eigenvalue weighted by atomic mass is 35.5. The lowest BCUT2D eigenvalue weighted by Crippen LogP contribution is -2.54. The number of nitro benzene ring substituents is 1. The molecule has 2 aromatic carbocycles. The fourth-order valence-corrected chi connectivity index (χ4v) is 4.20. The summed E-state index contributed by atoms with van der Waals surface area (Å²) >= 11 is 11.3. The number of thiocarbonyl (C=S) groups is 1. The van der Waals surface area contributed by atoms with E-state index in [1.165, 1.54) is 23.1 Å². The normalized spacial score (nSPS) is 15.2. The molecule has 0 atom stereocenters. The van der Waals surface area contributed by atoms with Crippen LogP contribution in [0.5, 0.6) is 0 Å². The lowest BCUT2D eigenvalue weighted by Gasteiger charge is -2.29. The number of anilines is 1. The molecule has 1 aliphatic heterocycles. The minimum atomic E-state index is -0.608. The lowest BCUT2D eigenvalue weighted by molar-refractivity contribution is -0.384. The Morgan fingerprint density at radius 3 is 2.45 bits per heavy atom. The molecule has 2 amide bonds. The fourth-order valence-electron chi connectivity index (χ4n) is 3.74. The maximum absolute atomic E-state index is 13.2. The number of carbonyl (C=O) groups excluding carboxylic acids is 2. The second-order valence-electron chi connectivity index (χ2n) is 7.38. The molecule has 0 unspecified atom stereocenters. The van der Waals surface area contributed by atoms with Crippen LogP contribution >= 0.6 is 23.8 Å². The van der Waals surface area contributed by atoms with E-state index >= 15 is 0 Å². The van der Waals surface area contributed by atoms with Gasteiger partial charge in [-0.1, -0.05) is 23.7 Å². The highest BCUT2D eigenvalue weighted by Gasteiger charge is 2.34. The van der Waals surface area contributed by atoms with E-state index < -0.39 is 16.7 Å². The number of nitro groups is 1. The SMILES string of the molecule is Cc1cc(/C=C2\C(=O)NC(=S)N(c3cccc(Cl)c3)C2=O)c(C)n1-c1cccc([N+](=O)[O-])c1. The molecule has 0 bridgehead atoms. The molecule has 166 valence electrons. The molecule has 3 aromatic rings. The first-order chi connectivity index (χ1) is 15.7. The van der Waals surface area contributed by atoms with E-state index in [1.807, 2.05) is 18.4 Å². The van der Waals surface area contributed by atoms with Gasteiger partial charge in [-0.05, 0) is 68.0 Å². The van der Waals surface area contributed by atoms with E-state index in [1.54, 1.807) is 42.5 Å². The first kappa shape index (κ1) is 22.4. The van der Waals surface area contributed by atoms with Crippen molar-refractivity contribution in [1.82, 2.24) is 9.88 Å². The molecule has 33 heavy (non-hydrogen) atoms. The number of hydrogen-bond acceptors (Lipinski definition) is 5. The Balaban J connectivity index is 1.77. The quantitative estimate of drug-likeness (QED) is 0.195. The monoisotopic (exact) mass is 480 g/mol. The second kappa shape index (κ2) is 8.61. The van der Waals surface area contributed by atoms with Gasteiger partial charge >= 0.3 is 0 Å². The Morgan fingerprint density at radius 1 is 1.06 bits per heavy atom. The zero-order valence-electron chi connectivity index (χ0n) is 17.5. The van der Waals surface area contributed by atoms with E-state index in [0.717, 1.165) is 5.69 Å². The molecule has 1 aliphatic rings. The van der Waals surface area contributed by atoms with Gasteiger partial charge < -0.3 is 4.57 Å². The summed E-state index contributed by atoms with van der Waals surface area (Å²) in [6.45, 7) is 3.65. The van der Waals surface area contributed by atoms with Crippen molar-refractivity contribution in [2.24, 2.45) is 0 Å². The Morgan fingerprint density at radius 2 is 1.76 bits per heavy atom. The van der Waals surface area contributed by atoms with Gasteiger partial charge in [-0.25, -0.2) is 0 Å². The number of carbonyl (C=O) groups is 2. The van der Waals surface area contributed by atoms with Crippen molar-refractivity contribution in [1.29, 1.82) is 0 Å². The first-order valence-corrected chi connectivity index (χ1v) is 10.6. The molecule has 1 N–H and O–H groups in total. The summed E-state index contributed by atoms with van der Waals surface area (Å²) in [4.78, 5) is 37.8. The summed E-state index contributed by atoms with van der Waals surface area (Å²) in [5.41, 5.74) is 3.02. The van der Waals surface area contributed by atoms with Crippen LogP contribution in [0, 0.1) is 24.0 Å². The molecule has 4 rings (SSSR count). The maximum atomic E-state index is 13.2. The number of rotatable bonds is 4. The molecule has 8 nitrogen and oxygen atoms in total. The van der Waals surface area contributed by atoms with Gasteiger partial charge in [0.2, 0.25) is 0 Å². The van der Waals surface area contributed by atoms with Gasteiger partial charge in [0.25, 0.3) is 17.5 Å². The molecule has 0 aliphatic carbocycles. The van der Waals surface area contributed by atoms with Gasteiger partial charge in [-0.15, -0.1) is 0 Å². The third kappa shape index (κ3) is 4.15. The van der Waals surface area contributed by atoms with Gasteiger partial charge in [0.1, 0.15) is 5.57 Å². The number of benzene rings is 2. The van der Waals surface area contributed by atoms with E-state index in [9.17, 15) is 19.7 Å². The van der Waals surface area contributed by atoms with Crippen molar-refractivity contribution in [3.05, 3.63) is 92.3 Å². The lowest BCUT2D eigenvalue weighted by atomic mass is 10.1. The minimum absolute atomic E-state index is 0.0348. The highest BCUT2D eigenvalue weighted by Crippen LogP contribution is 2.28. The molecule has 0 saturated carbocycles. The Kier molecular flexibility index (Phi) is 5.84. The largest absolute Gasteiger partial charge is 0.318 e. The second-order valence-corrected chi connectivity index (χ2v) is 8.20. The number of aryl methyl sites for hydroxylation is 1. The Hall–Kier alpha value is -3.82. The van der Waals surface area contributed by atoms with Gasteiger partial charge in [0.05, 0.1) is 16.3 Å². The number of aromatic nitrogens is 1. The van der Waals surface area contributed by atoms with Crippen molar-refractivity contribution in [2.45, 2.75) is 13.8 Å². The van der Waals surface area contributed by atoms with Crippen LogP contribution in [0.3, 0.4) is 0 Å². The van der Waals surface area contributed by atoms with E-state index in [0.29, 0.717) is 27.7 Å². The maximum Gasteiger partial charge on any atom is 0.271 e. The minimum Gasteiger partial charge on any atom is -0.318 e. The zero-order chi connectivity index (χ0) is 23.9. The number of halogens is 1. The van der Waals surface area contributed by atoms with Crippen LogP contribution in [-0.4, -0.2) is 26.4 Å². The van der Waals surface area contributed by atoms with Crippen LogP contribution in [0.4, 0.5) is 11.4 Å². The van der Waals surface area contributed by atoms with E-state index in [2.05, 4.69) is 5.32 Å². The molecule has 0 radical (unpaired) electrons. The average molecular weight is 481 g/mol. The smallest absolute Gasteiger partial charge is 0.271 e. The van der Waals surface area contributed by atoms with Crippen LogP contribution in [0.1, 0.15) is 17.0 Å². The van der Waals surface area contributed by atoms with E-state index in [-0.39, 0.29) is 16.4 Å². The topological polar surface area (TPSA) is 97.5 Å². The Labute approximate surface area is 199 Å². The summed E-state index contributed by atoms with van der Waals surface area (Å²) in [5, 5.41) is 14.1. The van der Waals surface area contributed by atoms with E-state index in [4.69, 9.17) is 23.8 Å². The number of nitrogens with one attached hydrogen (secondary N) is 1. The molecule has 1 saturated heterocycles. The predicted octanol–water partition coefficient (Wildman–Crippen LogP) is 4.49. The summed E-state index contributed by atoms with van der Waals surface area (Å²) in [5.74, 6) is -1.19. The van der Waals surface area contributed by atoms with Gasteiger partial charge in [0, 0.05) is 28.5 Å². The molecular formula is C23H17ClN4O4S. The molecule has 1 aromatic heterocycles. The summed E-state index contributed by atoms with van der Waals surface area (Å²) in [7, 11) is 0. The van der Waals surface area contributed by atoms with Crippen LogP contribution in [0.2, 0.25) is 5.02 Å². The third-order valence-corrected chi connectivity index (χ3v) is 5.76. The number of non-ortho nitro benzene ring substituents is 1. The number of hydrogen-bond donors (Lipinski definition) is 1. The first-order valence-electron chi connectivity index (χ1n) is 9.78. The van der Waals surface area contributed by atoms with Crippen LogP contribution < -0.4 is 10.2 Å². The van der Waals surface area contributed by atoms with Crippen LogP contribution in [-0.2, 0) is 9.59 Å². The summed E-state index contributed by atoms with van der Waals surface area (Å²) in [6.07, 6.45) is 1.49. The predicted molar refractivity (Wildman–Crippen MR) is 130 cm³/mol. The van der Waals surface area contributed by atoms with Gasteiger partial charge in [-0.3, -0.25) is 29.9 Å².